The molecule has 1 fully saturated rings. The molecule has 2 aromatic carbocycles. The molecule has 1 aliphatic rings. The number of anilines is 1. The highest BCUT2D eigenvalue weighted by molar-refractivity contribution is 6.10. The van der Waals surface area contributed by atoms with Gasteiger partial charge in [0.2, 0.25) is 5.91 Å². The summed E-state index contributed by atoms with van der Waals surface area (Å²) in [6.07, 6.45) is -4.65. The van der Waals surface area contributed by atoms with Gasteiger partial charge in [0.05, 0.1) is 5.56 Å². The molecule has 4 amide bonds. The highest BCUT2D eigenvalue weighted by atomic mass is 19.4. The maximum absolute atomic E-state index is 13.2. The Labute approximate surface area is 166 Å². The van der Waals surface area contributed by atoms with Crippen LogP contribution in [0.25, 0.3) is 0 Å². The smallest absolute Gasteiger partial charge is 0.324 e. The average molecular weight is 427 g/mol. The van der Waals surface area contributed by atoms with E-state index in [9.17, 15) is 36.3 Å². The summed E-state index contributed by atoms with van der Waals surface area (Å²) in [6, 6.07) is 5.14. The molecule has 0 aliphatic carbocycles. The minimum atomic E-state index is -4.65. The minimum Gasteiger partial charge on any atom is -0.324 e. The van der Waals surface area contributed by atoms with E-state index in [1.165, 1.54) is 13.0 Å². The van der Waals surface area contributed by atoms with E-state index >= 15 is 0 Å². The van der Waals surface area contributed by atoms with E-state index in [0.717, 1.165) is 30.3 Å². The minimum absolute atomic E-state index is 0.120. The zero-order valence-corrected chi connectivity index (χ0v) is 15.3. The Morgan fingerprint density at radius 3 is 2.33 bits per heavy atom. The van der Waals surface area contributed by atoms with Crippen molar-refractivity contribution in [3.63, 3.8) is 0 Å². The third-order valence-corrected chi connectivity index (χ3v) is 4.49. The Morgan fingerprint density at radius 1 is 1.10 bits per heavy atom. The number of carbonyl (C=O) groups excluding carboxylic acids is 3. The Kier molecular flexibility index (Phi) is 5.23. The number of hydrogen-bond acceptors (Lipinski definition) is 3. The summed E-state index contributed by atoms with van der Waals surface area (Å²) in [5.74, 6) is -3.78. The van der Waals surface area contributed by atoms with Crippen LogP contribution in [0.5, 0.6) is 0 Å². The predicted molar refractivity (Wildman–Crippen MR) is 94.0 cm³/mol. The van der Waals surface area contributed by atoms with Crippen LogP contribution in [0.4, 0.5) is 32.4 Å². The van der Waals surface area contributed by atoms with Crippen LogP contribution in [0.3, 0.4) is 0 Å². The molecule has 1 heterocycles. The van der Waals surface area contributed by atoms with Gasteiger partial charge >= 0.3 is 12.2 Å². The normalized spacial score (nSPS) is 19.1. The van der Waals surface area contributed by atoms with Crippen LogP contribution in [0.15, 0.2) is 42.5 Å². The van der Waals surface area contributed by atoms with Crippen molar-refractivity contribution in [2.45, 2.75) is 18.6 Å². The standard InChI is InChI=1S/C19H14F5N3O3/c1-18(10-3-2-4-11(5-10)19(22,23)24)16(29)27(17(30)26-18)9-15(28)25-14-7-12(20)6-13(21)8-14/h2-8H,9H2,1H3,(H,25,28)(H,26,30). The Balaban J connectivity index is 1.79. The van der Waals surface area contributed by atoms with Gasteiger partial charge in [-0.25, -0.2) is 13.6 Å². The molecule has 0 radical (unpaired) electrons. The van der Waals surface area contributed by atoms with Crippen molar-refractivity contribution >= 4 is 23.5 Å². The number of carbonyl (C=O) groups is 3. The first-order valence-electron chi connectivity index (χ1n) is 8.48. The maximum atomic E-state index is 13.2. The molecule has 0 bridgehead atoms. The number of hydrogen-bond donors (Lipinski definition) is 2. The van der Waals surface area contributed by atoms with Crippen molar-refractivity contribution in [1.82, 2.24) is 10.2 Å². The van der Waals surface area contributed by atoms with Crippen LogP contribution in [-0.4, -0.2) is 29.3 Å². The fourth-order valence-corrected chi connectivity index (χ4v) is 3.01. The van der Waals surface area contributed by atoms with E-state index in [2.05, 4.69) is 10.6 Å². The first kappa shape index (κ1) is 21.2. The fraction of sp³-hybridized carbons (Fsp3) is 0.211. The summed E-state index contributed by atoms with van der Waals surface area (Å²) in [4.78, 5) is 37.6. The average Bonchev–Trinajstić information content (AvgIpc) is 2.84. The van der Waals surface area contributed by atoms with Crippen LogP contribution in [0.2, 0.25) is 0 Å². The molecule has 0 aromatic heterocycles. The van der Waals surface area contributed by atoms with Crippen molar-refractivity contribution in [1.29, 1.82) is 0 Å². The molecule has 0 saturated carbocycles. The van der Waals surface area contributed by atoms with Gasteiger partial charge in [-0.2, -0.15) is 13.2 Å². The number of imide groups is 1. The van der Waals surface area contributed by atoms with Gasteiger partial charge in [0.25, 0.3) is 5.91 Å². The molecule has 1 saturated heterocycles. The van der Waals surface area contributed by atoms with Crippen LogP contribution in [-0.2, 0) is 21.3 Å². The highest BCUT2D eigenvalue weighted by Crippen LogP contribution is 2.34. The molecule has 2 N–H and O–H groups in total. The van der Waals surface area contributed by atoms with Crippen molar-refractivity contribution in [2.24, 2.45) is 0 Å². The van der Waals surface area contributed by atoms with Gasteiger partial charge in [-0.1, -0.05) is 12.1 Å². The Morgan fingerprint density at radius 2 is 1.73 bits per heavy atom. The SMILES string of the molecule is CC1(c2cccc(C(F)(F)F)c2)NC(=O)N(CC(=O)Nc2cc(F)cc(F)c2)C1=O. The number of nitrogens with zero attached hydrogens (tertiary/aromatic N) is 1. The van der Waals surface area contributed by atoms with E-state index < -0.39 is 53.3 Å². The fourth-order valence-electron chi connectivity index (χ4n) is 3.01. The van der Waals surface area contributed by atoms with E-state index in [1.54, 1.807) is 0 Å². The molecular formula is C19H14F5N3O3. The van der Waals surface area contributed by atoms with Gasteiger partial charge in [0.1, 0.15) is 23.7 Å². The summed E-state index contributed by atoms with van der Waals surface area (Å²) in [5, 5.41) is 4.43. The number of alkyl halides is 3. The summed E-state index contributed by atoms with van der Waals surface area (Å²) in [7, 11) is 0. The molecule has 0 spiro atoms. The lowest BCUT2D eigenvalue weighted by Gasteiger charge is -2.23. The molecule has 3 rings (SSSR count). The Bertz CT molecular complexity index is 1020. The van der Waals surface area contributed by atoms with Gasteiger partial charge in [-0.05, 0) is 36.8 Å². The lowest BCUT2D eigenvalue weighted by Crippen LogP contribution is -2.42. The monoisotopic (exact) mass is 427 g/mol. The second-order valence-electron chi connectivity index (χ2n) is 6.73. The topological polar surface area (TPSA) is 78.5 Å². The zero-order chi connectivity index (χ0) is 22.3. The second-order valence-corrected chi connectivity index (χ2v) is 6.73. The summed E-state index contributed by atoms with van der Waals surface area (Å²) in [5.41, 5.74) is -3.19. The first-order chi connectivity index (χ1) is 13.9. The molecule has 6 nitrogen and oxygen atoms in total. The van der Waals surface area contributed by atoms with Crippen LogP contribution < -0.4 is 10.6 Å². The molecule has 2 aromatic rings. The molecule has 1 atom stereocenters. The van der Waals surface area contributed by atoms with Crippen LogP contribution in [0, 0.1) is 11.6 Å². The van der Waals surface area contributed by atoms with Crippen molar-refractivity contribution in [3.8, 4) is 0 Å². The lowest BCUT2D eigenvalue weighted by atomic mass is 9.90. The number of halogens is 5. The largest absolute Gasteiger partial charge is 0.416 e. The van der Waals surface area contributed by atoms with Gasteiger partial charge in [-0.3, -0.25) is 14.5 Å². The molecule has 158 valence electrons. The molecule has 1 unspecified atom stereocenters. The third kappa shape index (κ3) is 4.09. The van der Waals surface area contributed by atoms with Crippen LogP contribution >= 0.6 is 0 Å². The number of rotatable bonds is 4. The quantitative estimate of drug-likeness (QED) is 0.580. The predicted octanol–water partition coefficient (Wildman–Crippen LogP) is 3.39. The van der Waals surface area contributed by atoms with E-state index in [-0.39, 0.29) is 11.3 Å². The van der Waals surface area contributed by atoms with E-state index in [0.29, 0.717) is 11.0 Å². The number of urea groups is 1. The third-order valence-electron chi connectivity index (χ3n) is 4.49. The molecule has 30 heavy (non-hydrogen) atoms. The van der Waals surface area contributed by atoms with Crippen molar-refractivity contribution in [3.05, 3.63) is 65.2 Å². The number of amides is 4. The van der Waals surface area contributed by atoms with Crippen molar-refractivity contribution in [2.75, 3.05) is 11.9 Å². The molecule has 11 heteroatoms. The highest BCUT2D eigenvalue weighted by Gasteiger charge is 2.50. The van der Waals surface area contributed by atoms with Gasteiger partial charge in [0.15, 0.2) is 0 Å². The van der Waals surface area contributed by atoms with Crippen LogP contribution in [0.1, 0.15) is 18.1 Å². The number of benzene rings is 2. The zero-order valence-electron chi connectivity index (χ0n) is 15.3. The lowest BCUT2D eigenvalue weighted by molar-refractivity contribution is -0.138. The van der Waals surface area contributed by atoms with Gasteiger partial charge in [-0.15, -0.1) is 0 Å². The van der Waals surface area contributed by atoms with E-state index in [1.807, 2.05) is 0 Å². The number of nitrogens with one attached hydrogen (secondary N) is 2. The first-order valence-corrected chi connectivity index (χ1v) is 8.48. The van der Waals surface area contributed by atoms with E-state index in [4.69, 9.17) is 0 Å². The summed E-state index contributed by atoms with van der Waals surface area (Å²) >= 11 is 0. The Hall–Kier alpha value is -3.50. The maximum Gasteiger partial charge on any atom is 0.416 e. The summed E-state index contributed by atoms with van der Waals surface area (Å²) in [6.45, 7) is 0.403. The van der Waals surface area contributed by atoms with Gasteiger partial charge in [0, 0.05) is 11.8 Å². The summed E-state index contributed by atoms with van der Waals surface area (Å²) < 4.78 is 65.4. The molecule has 1 aliphatic heterocycles. The second kappa shape index (κ2) is 7.39. The van der Waals surface area contributed by atoms with Crippen molar-refractivity contribution < 1.29 is 36.3 Å². The molecular weight excluding hydrogens is 413 g/mol. The van der Waals surface area contributed by atoms with Gasteiger partial charge < -0.3 is 10.6 Å².